The smallest absolute Gasteiger partial charge is 0.315 e. The third kappa shape index (κ3) is 4.22. The number of nitrogens with zero attached hydrogens (tertiary/aromatic N) is 2. The van der Waals surface area contributed by atoms with Crippen LogP contribution in [0.4, 0.5) is 4.79 Å². The van der Waals surface area contributed by atoms with Gasteiger partial charge in [-0.3, -0.25) is 4.68 Å². The number of urea groups is 1. The van der Waals surface area contributed by atoms with E-state index < -0.39 is 0 Å². The van der Waals surface area contributed by atoms with Crippen molar-refractivity contribution in [1.82, 2.24) is 20.4 Å². The molecule has 0 atom stereocenters. The number of rotatable bonds is 5. The van der Waals surface area contributed by atoms with E-state index in [0.29, 0.717) is 12.5 Å². The SMILES string of the molecule is Cc1nn(C)c(C)c1CCNC(=O)NC1CCC(CO)CC1. The van der Waals surface area contributed by atoms with Crippen molar-refractivity contribution in [3.63, 3.8) is 0 Å². The fourth-order valence-corrected chi connectivity index (χ4v) is 3.21. The van der Waals surface area contributed by atoms with E-state index in [0.717, 1.165) is 43.5 Å². The number of hydrogen-bond acceptors (Lipinski definition) is 3. The molecule has 0 unspecified atom stereocenters. The molecule has 1 aromatic rings. The molecule has 0 aliphatic heterocycles. The second-order valence-electron chi connectivity index (χ2n) is 6.32. The van der Waals surface area contributed by atoms with Crippen molar-refractivity contribution in [2.75, 3.05) is 13.2 Å². The molecular formula is C16H28N4O2. The summed E-state index contributed by atoms with van der Waals surface area (Å²) in [4.78, 5) is 11.9. The van der Waals surface area contributed by atoms with Gasteiger partial charge in [-0.2, -0.15) is 5.10 Å². The molecule has 0 bridgehead atoms. The zero-order valence-electron chi connectivity index (χ0n) is 13.9. The summed E-state index contributed by atoms with van der Waals surface area (Å²) in [5.41, 5.74) is 3.40. The van der Waals surface area contributed by atoms with Gasteiger partial charge in [0, 0.05) is 31.9 Å². The second-order valence-corrected chi connectivity index (χ2v) is 6.32. The van der Waals surface area contributed by atoms with Crippen molar-refractivity contribution in [3.8, 4) is 0 Å². The Morgan fingerprint density at radius 3 is 2.55 bits per heavy atom. The van der Waals surface area contributed by atoms with Gasteiger partial charge in [-0.1, -0.05) is 0 Å². The van der Waals surface area contributed by atoms with Crippen molar-refractivity contribution in [2.24, 2.45) is 13.0 Å². The molecule has 124 valence electrons. The maximum absolute atomic E-state index is 11.9. The molecule has 0 saturated heterocycles. The van der Waals surface area contributed by atoms with Gasteiger partial charge in [0.05, 0.1) is 5.69 Å². The van der Waals surface area contributed by atoms with Gasteiger partial charge in [0.1, 0.15) is 0 Å². The van der Waals surface area contributed by atoms with E-state index in [1.165, 1.54) is 5.56 Å². The molecule has 2 amide bonds. The van der Waals surface area contributed by atoms with Gasteiger partial charge in [0.15, 0.2) is 0 Å². The summed E-state index contributed by atoms with van der Waals surface area (Å²) >= 11 is 0. The van der Waals surface area contributed by atoms with Crippen LogP contribution in [-0.2, 0) is 13.5 Å². The monoisotopic (exact) mass is 308 g/mol. The van der Waals surface area contributed by atoms with Gasteiger partial charge in [0.2, 0.25) is 0 Å². The normalized spacial score (nSPS) is 21.6. The average Bonchev–Trinajstić information content (AvgIpc) is 2.74. The fourth-order valence-electron chi connectivity index (χ4n) is 3.21. The highest BCUT2D eigenvalue weighted by molar-refractivity contribution is 5.74. The van der Waals surface area contributed by atoms with E-state index in [2.05, 4.69) is 22.7 Å². The minimum absolute atomic E-state index is 0.0911. The number of aryl methyl sites for hydroxylation is 2. The minimum atomic E-state index is -0.0911. The summed E-state index contributed by atoms with van der Waals surface area (Å²) < 4.78 is 1.88. The van der Waals surface area contributed by atoms with Gasteiger partial charge in [-0.05, 0) is 57.4 Å². The standard InChI is InChI=1S/C16H28N4O2/c1-11-15(12(2)20(3)19-11)8-9-17-16(22)18-14-6-4-13(10-21)5-7-14/h13-14,21H,4-10H2,1-3H3,(H2,17,18,22). The Labute approximate surface area is 132 Å². The highest BCUT2D eigenvalue weighted by Crippen LogP contribution is 2.23. The molecule has 22 heavy (non-hydrogen) atoms. The van der Waals surface area contributed by atoms with E-state index >= 15 is 0 Å². The van der Waals surface area contributed by atoms with Gasteiger partial charge in [0.25, 0.3) is 0 Å². The van der Waals surface area contributed by atoms with E-state index in [-0.39, 0.29) is 18.7 Å². The van der Waals surface area contributed by atoms with Crippen LogP contribution in [0.15, 0.2) is 0 Å². The van der Waals surface area contributed by atoms with Crippen molar-refractivity contribution in [3.05, 3.63) is 17.0 Å². The van der Waals surface area contributed by atoms with Crippen LogP contribution < -0.4 is 10.6 Å². The molecule has 6 nitrogen and oxygen atoms in total. The summed E-state index contributed by atoms with van der Waals surface area (Å²) in [6, 6.07) is 0.149. The van der Waals surface area contributed by atoms with Gasteiger partial charge >= 0.3 is 6.03 Å². The molecule has 1 aliphatic carbocycles. The number of aliphatic hydroxyl groups excluding tert-OH is 1. The Balaban J connectivity index is 1.70. The molecule has 0 aromatic carbocycles. The Morgan fingerprint density at radius 2 is 2.00 bits per heavy atom. The van der Waals surface area contributed by atoms with Crippen LogP contribution in [0.2, 0.25) is 0 Å². The zero-order chi connectivity index (χ0) is 16.1. The first-order valence-corrected chi connectivity index (χ1v) is 8.15. The van der Waals surface area contributed by atoms with Crippen LogP contribution in [-0.4, -0.2) is 40.1 Å². The van der Waals surface area contributed by atoms with Crippen molar-refractivity contribution >= 4 is 6.03 Å². The maximum Gasteiger partial charge on any atom is 0.315 e. The number of aromatic nitrogens is 2. The summed E-state index contributed by atoms with van der Waals surface area (Å²) in [6.07, 6.45) is 4.71. The van der Waals surface area contributed by atoms with Gasteiger partial charge in [-0.15, -0.1) is 0 Å². The van der Waals surface area contributed by atoms with E-state index in [1.54, 1.807) is 0 Å². The third-order valence-electron chi connectivity index (χ3n) is 4.76. The second kappa shape index (κ2) is 7.63. The Bertz CT molecular complexity index is 504. The summed E-state index contributed by atoms with van der Waals surface area (Å²) in [7, 11) is 1.94. The number of carbonyl (C=O) groups is 1. The molecule has 1 aliphatic rings. The highest BCUT2D eigenvalue weighted by Gasteiger charge is 2.21. The lowest BCUT2D eigenvalue weighted by Gasteiger charge is -2.27. The Kier molecular flexibility index (Phi) is 5.83. The van der Waals surface area contributed by atoms with Crippen molar-refractivity contribution in [1.29, 1.82) is 0 Å². The molecule has 1 fully saturated rings. The quantitative estimate of drug-likeness (QED) is 0.770. The lowest BCUT2D eigenvalue weighted by molar-refractivity contribution is 0.174. The van der Waals surface area contributed by atoms with Crippen LogP contribution >= 0.6 is 0 Å². The number of nitrogens with one attached hydrogen (secondary N) is 2. The lowest BCUT2D eigenvalue weighted by Crippen LogP contribution is -2.44. The van der Waals surface area contributed by atoms with E-state index in [9.17, 15) is 4.79 Å². The van der Waals surface area contributed by atoms with Crippen molar-refractivity contribution in [2.45, 2.75) is 52.0 Å². The van der Waals surface area contributed by atoms with Crippen LogP contribution in [0.3, 0.4) is 0 Å². The number of carbonyl (C=O) groups excluding carboxylic acids is 1. The minimum Gasteiger partial charge on any atom is -0.396 e. The topological polar surface area (TPSA) is 79.2 Å². The summed E-state index contributed by atoms with van der Waals surface area (Å²) in [6.45, 7) is 4.94. The predicted molar refractivity (Wildman–Crippen MR) is 85.8 cm³/mol. The number of hydrogen-bond donors (Lipinski definition) is 3. The molecule has 6 heteroatoms. The third-order valence-corrected chi connectivity index (χ3v) is 4.76. The summed E-state index contributed by atoms with van der Waals surface area (Å²) in [5, 5.41) is 19.5. The van der Waals surface area contributed by atoms with E-state index in [4.69, 9.17) is 5.11 Å². The van der Waals surface area contributed by atoms with Gasteiger partial charge < -0.3 is 15.7 Å². The lowest BCUT2D eigenvalue weighted by atomic mass is 9.87. The largest absolute Gasteiger partial charge is 0.396 e. The first kappa shape index (κ1) is 16.8. The molecule has 0 spiro atoms. The number of amides is 2. The first-order valence-electron chi connectivity index (χ1n) is 8.15. The Hall–Kier alpha value is -1.56. The van der Waals surface area contributed by atoms with Crippen LogP contribution in [0.25, 0.3) is 0 Å². The highest BCUT2D eigenvalue weighted by atomic mass is 16.3. The van der Waals surface area contributed by atoms with Crippen molar-refractivity contribution < 1.29 is 9.90 Å². The molecule has 2 rings (SSSR count). The molecular weight excluding hydrogens is 280 g/mol. The molecule has 0 radical (unpaired) electrons. The molecule has 3 N–H and O–H groups in total. The first-order chi connectivity index (χ1) is 10.5. The maximum atomic E-state index is 11.9. The molecule has 1 heterocycles. The summed E-state index contributed by atoms with van der Waals surface area (Å²) in [5.74, 6) is 0.414. The van der Waals surface area contributed by atoms with Crippen LogP contribution in [0, 0.1) is 19.8 Å². The van der Waals surface area contributed by atoms with E-state index in [1.807, 2.05) is 18.7 Å². The molecule has 1 aromatic heterocycles. The number of aliphatic hydroxyl groups is 1. The predicted octanol–water partition coefficient (Wildman–Crippen LogP) is 1.43. The van der Waals surface area contributed by atoms with Crippen LogP contribution in [0.5, 0.6) is 0 Å². The fraction of sp³-hybridized carbons (Fsp3) is 0.750. The molecule has 1 saturated carbocycles. The average molecular weight is 308 g/mol. The Morgan fingerprint density at radius 1 is 1.32 bits per heavy atom. The zero-order valence-corrected chi connectivity index (χ0v) is 13.9. The van der Waals surface area contributed by atoms with Crippen LogP contribution in [0.1, 0.15) is 42.6 Å². The van der Waals surface area contributed by atoms with Gasteiger partial charge in [-0.25, -0.2) is 4.79 Å².